The number of alkyl halides is 2. The Bertz CT molecular complexity index is 711. The lowest BCUT2D eigenvalue weighted by molar-refractivity contribution is 0.235. The second-order valence-electron chi connectivity index (χ2n) is 4.38. The monoisotopic (exact) mass is 331 g/mol. The highest BCUT2D eigenvalue weighted by atomic mass is 32.2. The molecule has 21 heavy (non-hydrogen) atoms. The Kier molecular flexibility index (Phi) is 4.95. The minimum atomic E-state index is -4.61. The fourth-order valence-corrected chi connectivity index (χ4v) is 3.79. The van der Waals surface area contributed by atoms with E-state index in [1.807, 2.05) is 18.4 Å². The first-order valence-corrected chi connectivity index (χ1v) is 8.79. The molecule has 2 aromatic rings. The number of anilines is 1. The van der Waals surface area contributed by atoms with Gasteiger partial charge in [0.1, 0.15) is 0 Å². The van der Waals surface area contributed by atoms with Crippen molar-refractivity contribution in [3.8, 4) is 0 Å². The summed E-state index contributed by atoms with van der Waals surface area (Å²) in [7, 11) is -4.61. The van der Waals surface area contributed by atoms with E-state index in [1.54, 1.807) is 17.4 Å². The summed E-state index contributed by atoms with van der Waals surface area (Å²) in [6.45, 7) is 2.44. The largest absolute Gasteiger partial charge is 0.379 e. The van der Waals surface area contributed by atoms with Crippen molar-refractivity contribution in [3.05, 3.63) is 46.2 Å². The van der Waals surface area contributed by atoms with E-state index >= 15 is 0 Å². The maximum atomic E-state index is 12.7. The third-order valence-corrected chi connectivity index (χ3v) is 5.49. The topological polar surface area (TPSA) is 46.2 Å². The molecule has 0 amide bonds. The van der Waals surface area contributed by atoms with Crippen LogP contribution >= 0.6 is 11.3 Å². The van der Waals surface area contributed by atoms with Crippen molar-refractivity contribution >= 4 is 26.9 Å². The minimum absolute atomic E-state index is 0.202. The molecule has 1 aromatic heterocycles. The highest BCUT2D eigenvalue weighted by molar-refractivity contribution is 7.91. The molecule has 0 aliphatic carbocycles. The standard InChI is InChI=1S/C14H15F2NO2S2/c1-2-10-7-8-20-12(10)9-17-11-5-3-4-6-13(11)21(18,19)14(15)16/h3-8,14,17H,2,9H2,1H3. The van der Waals surface area contributed by atoms with Crippen molar-refractivity contribution in [3.63, 3.8) is 0 Å². The molecule has 114 valence electrons. The Morgan fingerprint density at radius 2 is 1.95 bits per heavy atom. The Labute approximate surface area is 126 Å². The van der Waals surface area contributed by atoms with Crippen LogP contribution in [0.2, 0.25) is 0 Å². The van der Waals surface area contributed by atoms with Crippen LogP contribution in [0.1, 0.15) is 17.4 Å². The van der Waals surface area contributed by atoms with Gasteiger partial charge in [0.25, 0.3) is 0 Å². The quantitative estimate of drug-likeness (QED) is 0.873. The van der Waals surface area contributed by atoms with E-state index in [-0.39, 0.29) is 10.6 Å². The van der Waals surface area contributed by atoms with Gasteiger partial charge in [-0.1, -0.05) is 19.1 Å². The summed E-state index contributed by atoms with van der Waals surface area (Å²) in [6.07, 6.45) is 0.873. The van der Waals surface area contributed by atoms with Gasteiger partial charge in [-0.3, -0.25) is 0 Å². The van der Waals surface area contributed by atoms with Gasteiger partial charge in [0.2, 0.25) is 9.84 Å². The van der Waals surface area contributed by atoms with Crippen LogP contribution in [0.15, 0.2) is 40.6 Å². The van der Waals surface area contributed by atoms with Crippen molar-refractivity contribution in [1.29, 1.82) is 0 Å². The molecule has 1 heterocycles. The van der Waals surface area contributed by atoms with Crippen LogP contribution in [0.25, 0.3) is 0 Å². The lowest BCUT2D eigenvalue weighted by atomic mass is 10.2. The average Bonchev–Trinajstić information content (AvgIpc) is 2.92. The molecule has 0 atom stereocenters. The zero-order valence-electron chi connectivity index (χ0n) is 11.3. The molecule has 0 saturated carbocycles. The van der Waals surface area contributed by atoms with Crippen molar-refractivity contribution < 1.29 is 17.2 Å². The summed E-state index contributed by atoms with van der Waals surface area (Å²) < 4.78 is 48.7. The van der Waals surface area contributed by atoms with E-state index in [1.165, 1.54) is 23.8 Å². The summed E-state index contributed by atoms with van der Waals surface area (Å²) in [5.74, 6) is -3.42. The summed E-state index contributed by atoms with van der Waals surface area (Å²) in [6, 6.07) is 7.74. The first-order valence-electron chi connectivity index (χ1n) is 6.37. The maximum Gasteiger partial charge on any atom is 0.341 e. The molecule has 1 N–H and O–H groups in total. The Morgan fingerprint density at radius 1 is 1.24 bits per heavy atom. The van der Waals surface area contributed by atoms with Gasteiger partial charge in [0.15, 0.2) is 0 Å². The van der Waals surface area contributed by atoms with E-state index in [2.05, 4.69) is 5.32 Å². The van der Waals surface area contributed by atoms with Crippen LogP contribution in [0, 0.1) is 0 Å². The van der Waals surface area contributed by atoms with E-state index in [0.29, 0.717) is 6.54 Å². The molecule has 0 spiro atoms. The lowest BCUT2D eigenvalue weighted by Gasteiger charge is -2.12. The molecule has 1 aromatic carbocycles. The van der Waals surface area contributed by atoms with Gasteiger partial charge in [-0.05, 0) is 35.6 Å². The van der Waals surface area contributed by atoms with Crippen LogP contribution in [-0.2, 0) is 22.8 Å². The van der Waals surface area contributed by atoms with Crippen LogP contribution in [0.5, 0.6) is 0 Å². The zero-order chi connectivity index (χ0) is 15.5. The van der Waals surface area contributed by atoms with Crippen LogP contribution < -0.4 is 5.32 Å². The molecule has 0 saturated heterocycles. The molecule has 7 heteroatoms. The Hall–Kier alpha value is -1.47. The Balaban J connectivity index is 2.26. The first kappa shape index (κ1) is 15.9. The van der Waals surface area contributed by atoms with Crippen LogP contribution in [0.3, 0.4) is 0 Å². The minimum Gasteiger partial charge on any atom is -0.379 e. The molecule has 2 rings (SSSR count). The number of benzene rings is 1. The number of hydrogen-bond acceptors (Lipinski definition) is 4. The van der Waals surface area contributed by atoms with E-state index < -0.39 is 15.6 Å². The first-order chi connectivity index (χ1) is 9.96. The predicted molar refractivity (Wildman–Crippen MR) is 80.7 cm³/mol. The molecular formula is C14H15F2NO2S2. The van der Waals surface area contributed by atoms with Crippen LogP contribution in [0.4, 0.5) is 14.5 Å². The number of para-hydroxylation sites is 1. The van der Waals surface area contributed by atoms with Crippen molar-refractivity contribution in [1.82, 2.24) is 0 Å². The molecule has 0 unspecified atom stereocenters. The number of aryl methyl sites for hydroxylation is 1. The Morgan fingerprint density at radius 3 is 2.62 bits per heavy atom. The maximum absolute atomic E-state index is 12.7. The summed E-state index contributed by atoms with van der Waals surface area (Å²) >= 11 is 1.55. The van der Waals surface area contributed by atoms with Gasteiger partial charge in [-0.15, -0.1) is 11.3 Å². The second-order valence-corrected chi connectivity index (χ2v) is 7.26. The van der Waals surface area contributed by atoms with Gasteiger partial charge in [0.05, 0.1) is 10.6 Å². The van der Waals surface area contributed by atoms with Gasteiger partial charge in [0, 0.05) is 11.4 Å². The fourth-order valence-electron chi connectivity index (χ4n) is 1.97. The lowest BCUT2D eigenvalue weighted by Crippen LogP contribution is -2.14. The smallest absolute Gasteiger partial charge is 0.341 e. The number of rotatable bonds is 6. The summed E-state index contributed by atoms with van der Waals surface area (Å²) in [4.78, 5) is 0.705. The number of hydrogen-bond donors (Lipinski definition) is 1. The molecule has 0 aliphatic rings. The third-order valence-electron chi connectivity index (χ3n) is 3.09. The fraction of sp³-hybridized carbons (Fsp3) is 0.286. The van der Waals surface area contributed by atoms with Gasteiger partial charge < -0.3 is 5.32 Å². The van der Waals surface area contributed by atoms with Crippen molar-refractivity contribution in [2.45, 2.75) is 30.5 Å². The summed E-state index contributed by atoms with van der Waals surface area (Å²) in [5, 5.41) is 4.91. The van der Waals surface area contributed by atoms with Gasteiger partial charge >= 0.3 is 5.76 Å². The molecule has 0 aliphatic heterocycles. The molecular weight excluding hydrogens is 316 g/mol. The van der Waals surface area contributed by atoms with E-state index in [9.17, 15) is 17.2 Å². The van der Waals surface area contributed by atoms with E-state index in [0.717, 1.165) is 11.3 Å². The zero-order valence-corrected chi connectivity index (χ0v) is 13.0. The third kappa shape index (κ3) is 3.41. The normalized spacial score (nSPS) is 11.8. The van der Waals surface area contributed by atoms with Gasteiger partial charge in [-0.2, -0.15) is 8.78 Å². The average molecular weight is 331 g/mol. The number of halogens is 2. The molecule has 0 fully saturated rings. The van der Waals surface area contributed by atoms with Crippen molar-refractivity contribution in [2.24, 2.45) is 0 Å². The van der Waals surface area contributed by atoms with Gasteiger partial charge in [-0.25, -0.2) is 8.42 Å². The number of sulfone groups is 1. The SMILES string of the molecule is CCc1ccsc1CNc1ccccc1S(=O)(=O)C(F)F. The highest BCUT2D eigenvalue weighted by Gasteiger charge is 2.28. The molecule has 0 radical (unpaired) electrons. The van der Waals surface area contributed by atoms with Crippen molar-refractivity contribution in [2.75, 3.05) is 5.32 Å². The number of nitrogens with one attached hydrogen (secondary N) is 1. The predicted octanol–water partition coefficient (Wildman–Crippen LogP) is 3.92. The van der Waals surface area contributed by atoms with E-state index in [4.69, 9.17) is 0 Å². The number of thiophene rings is 1. The summed E-state index contributed by atoms with van der Waals surface area (Å²) in [5.41, 5.74) is 1.37. The highest BCUT2D eigenvalue weighted by Crippen LogP contribution is 2.27. The van der Waals surface area contributed by atoms with Crippen LogP contribution in [-0.4, -0.2) is 14.2 Å². The second kappa shape index (κ2) is 6.53. The molecule has 0 bridgehead atoms. The molecule has 3 nitrogen and oxygen atoms in total.